The van der Waals surface area contributed by atoms with Gasteiger partial charge in [-0.05, 0) is 31.2 Å². The Kier molecular flexibility index (Phi) is 5.99. The summed E-state index contributed by atoms with van der Waals surface area (Å²) in [6, 6.07) is 11.6. The van der Waals surface area contributed by atoms with Crippen LogP contribution >= 0.6 is 11.6 Å². The molecule has 1 atom stereocenters. The Morgan fingerprint density at radius 1 is 1.23 bits per heavy atom. The van der Waals surface area contributed by atoms with E-state index in [1.165, 1.54) is 12.3 Å². The second-order valence-electron chi connectivity index (χ2n) is 9.53. The first-order valence-electron chi connectivity index (χ1n) is 12.2. The van der Waals surface area contributed by atoms with Crippen LogP contribution in [0.4, 0.5) is 16.0 Å². The lowest BCUT2D eigenvalue weighted by Gasteiger charge is -2.18. The van der Waals surface area contributed by atoms with Crippen LogP contribution in [0.2, 0.25) is 5.02 Å². The number of oxazole rings is 1. The Hall–Kier alpha value is -4.84. The highest BCUT2D eigenvalue weighted by molar-refractivity contribution is 6.31. The van der Waals surface area contributed by atoms with E-state index in [-0.39, 0.29) is 54.1 Å². The van der Waals surface area contributed by atoms with E-state index in [1.54, 1.807) is 48.0 Å². The number of benzene rings is 2. The van der Waals surface area contributed by atoms with Crippen LogP contribution in [0.1, 0.15) is 36.1 Å². The maximum absolute atomic E-state index is 14.4. The Bertz CT molecular complexity index is 1840. The number of nitrogens with zero attached hydrogens (tertiary/aromatic N) is 5. The lowest BCUT2D eigenvalue weighted by molar-refractivity contribution is -0.137. The van der Waals surface area contributed by atoms with Gasteiger partial charge in [-0.15, -0.1) is 0 Å². The number of amides is 1. The molecular weight excluding hydrogens is 541 g/mol. The zero-order valence-electron chi connectivity index (χ0n) is 21.0. The lowest BCUT2D eigenvalue weighted by Crippen LogP contribution is -2.33. The highest BCUT2D eigenvalue weighted by Gasteiger charge is 2.51. The van der Waals surface area contributed by atoms with E-state index < -0.39 is 17.3 Å². The molecule has 13 heteroatoms. The summed E-state index contributed by atoms with van der Waals surface area (Å²) >= 11 is 6.27. The summed E-state index contributed by atoms with van der Waals surface area (Å²) < 4.78 is 21.6. The number of carbonyl (C=O) groups is 2. The van der Waals surface area contributed by atoms with Gasteiger partial charge in [0.05, 0.1) is 29.7 Å². The molecule has 0 spiro atoms. The number of aromatic nitrogens is 5. The van der Waals surface area contributed by atoms with Gasteiger partial charge < -0.3 is 20.6 Å². The second kappa shape index (κ2) is 9.42. The SMILES string of the molecule is CC1(c2nc(CCC(=O)O)co2)C(=O)Nc2nc(-c3nn(Cc4ccccc4F)c4cc(Cl)ccc34)nc(N)c21. The maximum Gasteiger partial charge on any atom is 0.303 e. The first-order valence-corrected chi connectivity index (χ1v) is 12.6. The highest BCUT2D eigenvalue weighted by Crippen LogP contribution is 2.45. The fourth-order valence-corrected chi connectivity index (χ4v) is 4.99. The monoisotopic (exact) mass is 561 g/mol. The molecule has 11 nitrogen and oxygen atoms in total. The van der Waals surface area contributed by atoms with Crippen LogP contribution in [-0.2, 0) is 28.0 Å². The molecule has 6 rings (SSSR count). The molecule has 1 aliphatic heterocycles. The van der Waals surface area contributed by atoms with Crippen LogP contribution in [-0.4, -0.2) is 41.7 Å². The van der Waals surface area contributed by atoms with Gasteiger partial charge in [-0.1, -0.05) is 29.8 Å². The number of hydrogen-bond donors (Lipinski definition) is 3. The Labute approximate surface area is 230 Å². The van der Waals surface area contributed by atoms with Crippen LogP contribution in [0.5, 0.6) is 0 Å². The summed E-state index contributed by atoms with van der Waals surface area (Å²) in [5.41, 5.74) is 7.08. The zero-order valence-corrected chi connectivity index (χ0v) is 21.7. The normalized spacial score (nSPS) is 16.3. The molecule has 2 aromatic carbocycles. The number of aliphatic carboxylic acids is 1. The first-order chi connectivity index (χ1) is 19.1. The van der Waals surface area contributed by atoms with Crippen molar-refractivity contribution in [3.63, 3.8) is 0 Å². The van der Waals surface area contributed by atoms with Crippen molar-refractivity contribution in [1.82, 2.24) is 24.7 Å². The van der Waals surface area contributed by atoms with Crippen molar-refractivity contribution in [2.45, 2.75) is 31.7 Å². The molecule has 0 saturated heterocycles. The molecule has 0 bridgehead atoms. The molecule has 0 saturated carbocycles. The Morgan fingerprint density at radius 3 is 2.80 bits per heavy atom. The van der Waals surface area contributed by atoms with Gasteiger partial charge in [-0.3, -0.25) is 14.3 Å². The number of fused-ring (bicyclic) bond motifs is 2. The molecule has 5 aromatic rings. The third kappa shape index (κ3) is 4.13. The average molecular weight is 562 g/mol. The topological polar surface area (TPSA) is 162 Å². The smallest absolute Gasteiger partial charge is 0.303 e. The van der Waals surface area contributed by atoms with Crippen LogP contribution in [0.25, 0.3) is 22.4 Å². The molecular formula is C27H21ClFN7O4. The van der Waals surface area contributed by atoms with Gasteiger partial charge in [-0.25, -0.2) is 19.3 Å². The predicted octanol–water partition coefficient (Wildman–Crippen LogP) is 4.18. The molecule has 4 heterocycles. The minimum Gasteiger partial charge on any atom is -0.481 e. The highest BCUT2D eigenvalue weighted by atomic mass is 35.5. The number of nitrogens with two attached hydrogens (primary N) is 1. The van der Waals surface area contributed by atoms with Crippen molar-refractivity contribution in [3.8, 4) is 11.5 Å². The van der Waals surface area contributed by atoms with E-state index in [0.29, 0.717) is 32.9 Å². The number of carboxylic acid groups (broad SMARTS) is 1. The van der Waals surface area contributed by atoms with E-state index in [9.17, 15) is 14.0 Å². The van der Waals surface area contributed by atoms with Crippen molar-refractivity contribution in [1.29, 1.82) is 0 Å². The largest absolute Gasteiger partial charge is 0.481 e. The van der Waals surface area contributed by atoms with E-state index in [2.05, 4.69) is 25.4 Å². The Balaban J connectivity index is 1.43. The summed E-state index contributed by atoms with van der Waals surface area (Å²) in [5.74, 6) is -1.45. The van der Waals surface area contributed by atoms with Crippen molar-refractivity contribution < 1.29 is 23.5 Å². The third-order valence-electron chi connectivity index (χ3n) is 6.90. The van der Waals surface area contributed by atoms with Gasteiger partial charge in [0.1, 0.15) is 29.4 Å². The number of nitrogen functional groups attached to an aromatic ring is 1. The number of carbonyl (C=O) groups excluding carboxylic acids is 1. The van der Waals surface area contributed by atoms with Crippen molar-refractivity contribution >= 4 is 46.0 Å². The molecule has 3 aromatic heterocycles. The Morgan fingerprint density at radius 2 is 2.02 bits per heavy atom. The van der Waals surface area contributed by atoms with Crippen molar-refractivity contribution in [2.24, 2.45) is 0 Å². The van der Waals surface area contributed by atoms with Crippen LogP contribution < -0.4 is 11.1 Å². The zero-order chi connectivity index (χ0) is 28.2. The standard InChI is InChI=1S/C27H21ClFN7O4/c1-27(26-31-15(12-40-26)7-9-19(37)38)20-22(30)32-24(33-23(20)34-25(27)39)21-16-8-6-14(28)10-18(16)36(35-21)11-13-4-2-3-5-17(13)29/h2-6,8,10,12H,7,9,11H2,1H3,(H,37,38)(H3,30,32,33,34,39). The molecule has 0 radical (unpaired) electrons. The summed E-state index contributed by atoms with van der Waals surface area (Å²) in [6.07, 6.45) is 1.32. The molecule has 4 N–H and O–H groups in total. The van der Waals surface area contributed by atoms with E-state index in [0.717, 1.165) is 0 Å². The number of hydrogen-bond acceptors (Lipinski definition) is 8. The quantitative estimate of drug-likeness (QED) is 0.264. The van der Waals surface area contributed by atoms with E-state index in [1.807, 2.05) is 0 Å². The van der Waals surface area contributed by atoms with Gasteiger partial charge >= 0.3 is 5.97 Å². The van der Waals surface area contributed by atoms with Crippen LogP contribution in [0.15, 0.2) is 53.1 Å². The van der Waals surface area contributed by atoms with E-state index >= 15 is 0 Å². The number of nitrogens with one attached hydrogen (secondary N) is 1. The number of anilines is 2. The maximum atomic E-state index is 14.4. The third-order valence-corrected chi connectivity index (χ3v) is 7.14. The van der Waals surface area contributed by atoms with Crippen LogP contribution in [0, 0.1) is 5.82 Å². The molecule has 1 unspecified atom stereocenters. The van der Waals surface area contributed by atoms with Crippen LogP contribution in [0.3, 0.4) is 0 Å². The van der Waals surface area contributed by atoms with E-state index in [4.69, 9.17) is 26.9 Å². The number of carboxylic acids is 1. The van der Waals surface area contributed by atoms with Crippen molar-refractivity contribution in [3.05, 3.63) is 82.3 Å². The minimum atomic E-state index is -1.45. The molecule has 202 valence electrons. The number of rotatable bonds is 7. The summed E-state index contributed by atoms with van der Waals surface area (Å²) in [6.45, 7) is 1.72. The van der Waals surface area contributed by atoms with Gasteiger partial charge in [0.2, 0.25) is 11.8 Å². The average Bonchev–Trinajstić information content (AvgIpc) is 3.60. The molecule has 0 fully saturated rings. The predicted molar refractivity (Wildman–Crippen MR) is 143 cm³/mol. The number of aryl methyl sites for hydroxylation is 1. The van der Waals surface area contributed by atoms with Crippen molar-refractivity contribution in [2.75, 3.05) is 11.1 Å². The summed E-state index contributed by atoms with van der Waals surface area (Å²) in [5, 5.41) is 17.5. The fourth-order valence-electron chi connectivity index (χ4n) is 4.82. The second-order valence-corrected chi connectivity index (χ2v) is 9.97. The summed E-state index contributed by atoms with van der Waals surface area (Å²) in [4.78, 5) is 37.6. The number of halogens is 2. The van der Waals surface area contributed by atoms with Gasteiger partial charge in [0, 0.05) is 22.4 Å². The van der Waals surface area contributed by atoms with Gasteiger partial charge in [0.25, 0.3) is 0 Å². The molecule has 40 heavy (non-hydrogen) atoms. The minimum absolute atomic E-state index is 0.0110. The van der Waals surface area contributed by atoms with Gasteiger partial charge in [0.15, 0.2) is 11.2 Å². The lowest BCUT2D eigenvalue weighted by atomic mass is 9.84. The fraction of sp³-hybridized carbons (Fsp3) is 0.185. The van der Waals surface area contributed by atoms with Gasteiger partial charge in [-0.2, -0.15) is 5.10 Å². The molecule has 1 amide bonds. The summed E-state index contributed by atoms with van der Waals surface area (Å²) in [7, 11) is 0. The molecule has 0 aliphatic carbocycles. The molecule has 1 aliphatic rings. The first kappa shape index (κ1) is 25.4.